The van der Waals surface area contributed by atoms with E-state index in [2.05, 4.69) is 29.1 Å². The van der Waals surface area contributed by atoms with E-state index < -0.39 is 0 Å². The lowest BCUT2D eigenvalue weighted by molar-refractivity contribution is -0.133. The van der Waals surface area contributed by atoms with Gasteiger partial charge in [0, 0.05) is 50.8 Å². The Morgan fingerprint density at radius 3 is 2.67 bits per heavy atom. The summed E-state index contributed by atoms with van der Waals surface area (Å²) in [6.07, 6.45) is 5.86. The molecule has 0 unspecified atom stereocenters. The third kappa shape index (κ3) is 4.10. The van der Waals surface area contributed by atoms with E-state index in [0.29, 0.717) is 24.0 Å². The van der Waals surface area contributed by atoms with Gasteiger partial charge in [-0.2, -0.15) is 5.10 Å². The van der Waals surface area contributed by atoms with Gasteiger partial charge in [-0.1, -0.05) is 13.8 Å². The molecule has 1 aliphatic rings. The van der Waals surface area contributed by atoms with Gasteiger partial charge in [0.2, 0.25) is 11.8 Å². The summed E-state index contributed by atoms with van der Waals surface area (Å²) in [6, 6.07) is 5.47. The average Bonchev–Trinajstić information content (AvgIpc) is 3.10. The molecule has 128 valence electrons. The quantitative estimate of drug-likeness (QED) is 0.840. The predicted molar refractivity (Wildman–Crippen MR) is 88.8 cm³/mol. The fourth-order valence-corrected chi connectivity index (χ4v) is 2.77. The molecule has 0 aromatic carbocycles. The van der Waals surface area contributed by atoms with Crippen LogP contribution in [0, 0.1) is 5.92 Å². The van der Waals surface area contributed by atoms with E-state index in [4.69, 9.17) is 4.74 Å². The fraction of sp³-hybridized carbons (Fsp3) is 0.529. The van der Waals surface area contributed by atoms with Crippen LogP contribution in [0.3, 0.4) is 0 Å². The first-order valence-corrected chi connectivity index (χ1v) is 8.40. The van der Waals surface area contributed by atoms with Gasteiger partial charge < -0.3 is 9.64 Å². The van der Waals surface area contributed by atoms with Crippen molar-refractivity contribution in [3.63, 3.8) is 0 Å². The topological polar surface area (TPSA) is 73.1 Å². The maximum absolute atomic E-state index is 12.1. The van der Waals surface area contributed by atoms with E-state index in [9.17, 15) is 4.79 Å². The van der Waals surface area contributed by atoms with E-state index in [1.54, 1.807) is 16.9 Å². The lowest BCUT2D eigenvalue weighted by atomic mass is 10.1. The van der Waals surface area contributed by atoms with Gasteiger partial charge in [0.05, 0.1) is 0 Å². The molecule has 0 spiro atoms. The Hall–Kier alpha value is -2.44. The predicted octanol–water partition coefficient (Wildman–Crippen LogP) is 2.08. The number of piperidine rings is 1. The van der Waals surface area contributed by atoms with E-state index in [1.165, 1.54) is 0 Å². The highest BCUT2D eigenvalue weighted by atomic mass is 16.5. The summed E-state index contributed by atoms with van der Waals surface area (Å²) in [4.78, 5) is 14.0. The number of carbonyl (C=O) groups is 1. The van der Waals surface area contributed by atoms with E-state index in [-0.39, 0.29) is 12.0 Å². The smallest absolute Gasteiger partial charge is 0.233 e. The van der Waals surface area contributed by atoms with E-state index in [1.807, 2.05) is 23.2 Å². The zero-order valence-electron chi connectivity index (χ0n) is 14.1. The monoisotopic (exact) mass is 329 g/mol. The van der Waals surface area contributed by atoms with Crippen molar-refractivity contribution in [1.29, 1.82) is 0 Å². The molecule has 0 bridgehead atoms. The van der Waals surface area contributed by atoms with E-state index >= 15 is 0 Å². The number of rotatable bonds is 5. The van der Waals surface area contributed by atoms with Gasteiger partial charge in [0.1, 0.15) is 6.10 Å². The molecule has 2 aromatic rings. The van der Waals surface area contributed by atoms with Crippen molar-refractivity contribution in [3.05, 3.63) is 30.6 Å². The number of carbonyl (C=O) groups excluding carboxylic acids is 1. The highest BCUT2D eigenvalue weighted by Gasteiger charge is 2.24. The molecule has 0 saturated carbocycles. The molecule has 24 heavy (non-hydrogen) atoms. The first-order valence-electron chi connectivity index (χ1n) is 8.40. The first kappa shape index (κ1) is 16.4. The fourth-order valence-electron chi connectivity index (χ4n) is 2.77. The standard InChI is InChI=1S/C17H23N5O2/c1-13(2)12-17(23)21-10-6-14(7-11-21)24-16-5-4-15(19-20-16)22-9-3-8-18-22/h3-5,8-9,13-14H,6-7,10-12H2,1-2H3. The molecule has 7 nitrogen and oxygen atoms in total. The number of hydrogen-bond donors (Lipinski definition) is 0. The van der Waals surface area contributed by atoms with Crippen LogP contribution in [0.2, 0.25) is 0 Å². The van der Waals surface area contributed by atoms with Gasteiger partial charge in [-0.25, -0.2) is 4.68 Å². The van der Waals surface area contributed by atoms with Gasteiger partial charge in [-0.15, -0.1) is 10.2 Å². The zero-order valence-corrected chi connectivity index (χ0v) is 14.1. The normalized spacial score (nSPS) is 15.7. The number of ether oxygens (including phenoxy) is 1. The van der Waals surface area contributed by atoms with Crippen molar-refractivity contribution in [3.8, 4) is 11.7 Å². The Bertz CT molecular complexity index is 646. The van der Waals surface area contributed by atoms with Crippen LogP contribution < -0.4 is 4.74 Å². The molecule has 0 N–H and O–H groups in total. The summed E-state index contributed by atoms with van der Waals surface area (Å²) >= 11 is 0. The molecule has 3 rings (SSSR count). The number of likely N-dealkylation sites (tertiary alicyclic amines) is 1. The summed E-state index contributed by atoms with van der Waals surface area (Å²) in [6.45, 7) is 5.63. The Labute approximate surface area is 141 Å². The summed E-state index contributed by atoms with van der Waals surface area (Å²) in [5.41, 5.74) is 0. The summed E-state index contributed by atoms with van der Waals surface area (Å²) in [5, 5.41) is 12.3. The van der Waals surface area contributed by atoms with Crippen molar-refractivity contribution in [2.24, 2.45) is 5.92 Å². The van der Waals surface area contributed by atoms with Crippen LogP contribution in [-0.4, -0.2) is 50.0 Å². The maximum Gasteiger partial charge on any atom is 0.233 e. The second-order valence-corrected chi connectivity index (χ2v) is 6.48. The minimum absolute atomic E-state index is 0.0814. The van der Waals surface area contributed by atoms with Crippen molar-refractivity contribution < 1.29 is 9.53 Å². The first-order chi connectivity index (χ1) is 11.6. The van der Waals surface area contributed by atoms with E-state index in [0.717, 1.165) is 25.9 Å². The lowest BCUT2D eigenvalue weighted by Gasteiger charge is -2.32. The summed E-state index contributed by atoms with van der Waals surface area (Å²) in [5.74, 6) is 1.81. The van der Waals surface area contributed by atoms with Gasteiger partial charge in [-0.05, 0) is 18.1 Å². The molecule has 2 aromatic heterocycles. The van der Waals surface area contributed by atoms with Crippen molar-refractivity contribution in [2.45, 2.75) is 39.2 Å². The second-order valence-electron chi connectivity index (χ2n) is 6.48. The lowest BCUT2D eigenvalue weighted by Crippen LogP contribution is -2.42. The van der Waals surface area contributed by atoms with Crippen molar-refractivity contribution in [1.82, 2.24) is 24.9 Å². The minimum atomic E-state index is 0.0814. The van der Waals surface area contributed by atoms with Gasteiger partial charge in [0.15, 0.2) is 5.82 Å². The Balaban J connectivity index is 1.50. The average molecular weight is 329 g/mol. The largest absolute Gasteiger partial charge is 0.473 e. The number of aromatic nitrogens is 4. The Morgan fingerprint density at radius 1 is 1.29 bits per heavy atom. The summed E-state index contributed by atoms with van der Waals surface area (Å²) < 4.78 is 7.54. The summed E-state index contributed by atoms with van der Waals surface area (Å²) in [7, 11) is 0. The number of nitrogens with zero attached hydrogens (tertiary/aromatic N) is 5. The SMILES string of the molecule is CC(C)CC(=O)N1CCC(Oc2ccc(-n3cccn3)nn2)CC1. The molecule has 1 saturated heterocycles. The van der Waals surface area contributed by atoms with Gasteiger partial charge >= 0.3 is 0 Å². The highest BCUT2D eigenvalue weighted by Crippen LogP contribution is 2.18. The number of amides is 1. The van der Waals surface area contributed by atoms with Crippen LogP contribution in [0.5, 0.6) is 5.88 Å². The molecule has 0 aliphatic carbocycles. The molecule has 7 heteroatoms. The molecule has 0 radical (unpaired) electrons. The molecular formula is C17H23N5O2. The van der Waals surface area contributed by atoms with Crippen LogP contribution in [0.25, 0.3) is 5.82 Å². The van der Waals surface area contributed by atoms with Crippen LogP contribution in [0.1, 0.15) is 33.1 Å². The van der Waals surface area contributed by atoms with Crippen LogP contribution >= 0.6 is 0 Å². The number of hydrogen-bond acceptors (Lipinski definition) is 5. The third-order valence-corrected chi connectivity index (χ3v) is 4.03. The maximum atomic E-state index is 12.1. The van der Waals surface area contributed by atoms with Crippen LogP contribution in [-0.2, 0) is 4.79 Å². The third-order valence-electron chi connectivity index (χ3n) is 4.03. The highest BCUT2D eigenvalue weighted by molar-refractivity contribution is 5.76. The molecule has 3 heterocycles. The molecule has 0 atom stereocenters. The zero-order chi connectivity index (χ0) is 16.9. The van der Waals surface area contributed by atoms with Crippen molar-refractivity contribution in [2.75, 3.05) is 13.1 Å². The Kier molecular flexibility index (Phi) is 5.08. The molecule has 1 amide bonds. The second kappa shape index (κ2) is 7.42. The minimum Gasteiger partial charge on any atom is -0.473 e. The van der Waals surface area contributed by atoms with Gasteiger partial charge in [0.25, 0.3) is 0 Å². The molecular weight excluding hydrogens is 306 g/mol. The van der Waals surface area contributed by atoms with Crippen LogP contribution in [0.15, 0.2) is 30.6 Å². The van der Waals surface area contributed by atoms with Crippen molar-refractivity contribution >= 4 is 5.91 Å². The Morgan fingerprint density at radius 2 is 2.08 bits per heavy atom. The molecule has 1 fully saturated rings. The van der Waals surface area contributed by atoms with Gasteiger partial charge in [-0.3, -0.25) is 4.79 Å². The molecule has 1 aliphatic heterocycles. The van der Waals surface area contributed by atoms with Crippen LogP contribution in [0.4, 0.5) is 0 Å².